The topological polar surface area (TPSA) is 63.6 Å². The largest absolute Gasteiger partial charge is 0.496 e. The van der Waals surface area contributed by atoms with Gasteiger partial charge in [-0.2, -0.15) is 5.10 Å². The molecular formula is C20H17N3O2. The van der Waals surface area contributed by atoms with Crippen molar-refractivity contribution in [3.63, 3.8) is 0 Å². The summed E-state index contributed by atoms with van der Waals surface area (Å²) in [6.07, 6.45) is 1.69. The molecule has 1 heterocycles. The van der Waals surface area contributed by atoms with Crippen LogP contribution in [-0.2, 0) is 0 Å². The fourth-order valence-corrected chi connectivity index (χ4v) is 2.37. The molecule has 3 aromatic rings. The molecule has 0 saturated carbocycles. The van der Waals surface area contributed by atoms with Crippen molar-refractivity contribution in [3.8, 4) is 5.75 Å². The second-order valence-electron chi connectivity index (χ2n) is 5.18. The highest BCUT2D eigenvalue weighted by Gasteiger charge is 2.13. The van der Waals surface area contributed by atoms with Crippen LogP contribution < -0.4 is 10.2 Å². The van der Waals surface area contributed by atoms with Gasteiger partial charge < -0.3 is 4.74 Å². The molecule has 0 bridgehead atoms. The van der Waals surface area contributed by atoms with E-state index in [0.717, 1.165) is 5.56 Å². The van der Waals surface area contributed by atoms with Crippen molar-refractivity contribution in [2.24, 2.45) is 5.10 Å². The molecule has 1 amide bonds. The Morgan fingerprint density at radius 2 is 1.68 bits per heavy atom. The first-order valence-electron chi connectivity index (χ1n) is 7.77. The zero-order valence-electron chi connectivity index (χ0n) is 13.7. The number of hydrazone groups is 1. The average molecular weight is 331 g/mol. The smallest absolute Gasteiger partial charge is 0.275 e. The van der Waals surface area contributed by atoms with Crippen LogP contribution in [0.3, 0.4) is 0 Å². The summed E-state index contributed by atoms with van der Waals surface area (Å²) >= 11 is 0. The Hall–Kier alpha value is -3.47. The van der Waals surface area contributed by atoms with Crippen LogP contribution in [0.15, 0.2) is 84.1 Å². The van der Waals surface area contributed by atoms with Crippen LogP contribution in [0.1, 0.15) is 21.6 Å². The van der Waals surface area contributed by atoms with E-state index in [9.17, 15) is 4.79 Å². The predicted octanol–water partition coefficient (Wildman–Crippen LogP) is 3.27. The summed E-state index contributed by atoms with van der Waals surface area (Å²) in [5.74, 6) is 0.149. The number of hydrogen-bond acceptors (Lipinski definition) is 4. The maximum atomic E-state index is 12.5. The van der Waals surface area contributed by atoms with Crippen molar-refractivity contribution in [3.05, 3.63) is 95.8 Å². The van der Waals surface area contributed by atoms with Gasteiger partial charge >= 0.3 is 0 Å². The Bertz CT molecular complexity index is 836. The van der Waals surface area contributed by atoms with Crippen molar-refractivity contribution in [1.82, 2.24) is 10.4 Å². The molecule has 0 aliphatic carbocycles. The quantitative estimate of drug-likeness (QED) is 0.576. The Morgan fingerprint density at radius 3 is 2.40 bits per heavy atom. The molecule has 5 nitrogen and oxygen atoms in total. The number of hydrogen-bond donors (Lipinski definition) is 1. The van der Waals surface area contributed by atoms with Gasteiger partial charge in [0.15, 0.2) is 0 Å². The summed E-state index contributed by atoms with van der Waals surface area (Å²) in [5, 5.41) is 4.31. The molecule has 2 aromatic carbocycles. The molecule has 0 fully saturated rings. The summed E-state index contributed by atoms with van der Waals surface area (Å²) in [5.41, 5.74) is 5.14. The van der Waals surface area contributed by atoms with Crippen LogP contribution >= 0.6 is 0 Å². The number of amides is 1. The second-order valence-corrected chi connectivity index (χ2v) is 5.18. The molecule has 124 valence electrons. The highest BCUT2D eigenvalue weighted by molar-refractivity contribution is 6.12. The molecule has 0 saturated heterocycles. The summed E-state index contributed by atoms with van der Waals surface area (Å²) in [4.78, 5) is 16.8. The number of carbonyl (C=O) groups is 1. The van der Waals surface area contributed by atoms with E-state index < -0.39 is 0 Å². The Kier molecular flexibility index (Phi) is 5.16. The number of pyridine rings is 1. The van der Waals surface area contributed by atoms with Gasteiger partial charge in [-0.25, -0.2) is 5.43 Å². The molecule has 1 aromatic heterocycles. The SMILES string of the molecule is COc1ccccc1C(=O)NN=C(c1ccccc1)c1ccccn1. The summed E-state index contributed by atoms with van der Waals surface area (Å²) in [7, 11) is 1.53. The third kappa shape index (κ3) is 3.90. The lowest BCUT2D eigenvalue weighted by Crippen LogP contribution is -2.21. The summed E-state index contributed by atoms with van der Waals surface area (Å²) < 4.78 is 5.22. The number of carbonyl (C=O) groups excluding carboxylic acids is 1. The maximum absolute atomic E-state index is 12.5. The normalized spacial score (nSPS) is 11.0. The second kappa shape index (κ2) is 7.88. The van der Waals surface area contributed by atoms with Crippen LogP contribution in [0.5, 0.6) is 5.75 Å². The monoisotopic (exact) mass is 331 g/mol. The van der Waals surface area contributed by atoms with Crippen molar-refractivity contribution < 1.29 is 9.53 Å². The number of methoxy groups -OCH3 is 1. The summed E-state index contributed by atoms with van der Waals surface area (Å²) in [6.45, 7) is 0. The molecule has 0 aliphatic heterocycles. The first-order chi connectivity index (χ1) is 12.3. The minimum atomic E-state index is -0.346. The molecule has 5 heteroatoms. The zero-order valence-corrected chi connectivity index (χ0v) is 13.7. The van der Waals surface area contributed by atoms with Gasteiger partial charge in [-0.3, -0.25) is 9.78 Å². The van der Waals surface area contributed by atoms with Crippen LogP contribution in [0.4, 0.5) is 0 Å². The first-order valence-corrected chi connectivity index (χ1v) is 7.77. The molecule has 0 radical (unpaired) electrons. The Balaban J connectivity index is 1.93. The van der Waals surface area contributed by atoms with Gasteiger partial charge in [-0.1, -0.05) is 48.5 Å². The van der Waals surface area contributed by atoms with E-state index in [4.69, 9.17) is 4.74 Å². The highest BCUT2D eigenvalue weighted by Crippen LogP contribution is 2.17. The Morgan fingerprint density at radius 1 is 0.960 bits per heavy atom. The third-order valence-electron chi connectivity index (χ3n) is 3.58. The number of para-hydroxylation sites is 1. The van der Waals surface area contributed by atoms with Crippen LogP contribution in [0.2, 0.25) is 0 Å². The number of nitrogens with zero attached hydrogens (tertiary/aromatic N) is 2. The van der Waals surface area contributed by atoms with E-state index in [-0.39, 0.29) is 5.91 Å². The molecule has 25 heavy (non-hydrogen) atoms. The van der Waals surface area contributed by atoms with Gasteiger partial charge in [0.1, 0.15) is 11.5 Å². The highest BCUT2D eigenvalue weighted by atomic mass is 16.5. The Labute approximate surface area is 146 Å². The van der Waals surface area contributed by atoms with E-state index in [0.29, 0.717) is 22.7 Å². The molecule has 0 spiro atoms. The number of aromatic nitrogens is 1. The van der Waals surface area contributed by atoms with Crippen molar-refractivity contribution in [1.29, 1.82) is 0 Å². The van der Waals surface area contributed by atoms with Gasteiger partial charge in [-0.05, 0) is 24.3 Å². The van der Waals surface area contributed by atoms with E-state index in [1.807, 2.05) is 54.6 Å². The van der Waals surface area contributed by atoms with E-state index in [1.54, 1.807) is 24.4 Å². The fraction of sp³-hybridized carbons (Fsp3) is 0.0500. The van der Waals surface area contributed by atoms with Crippen molar-refractivity contribution >= 4 is 11.6 Å². The standard InChI is InChI=1S/C20H17N3O2/c1-25-18-13-6-5-11-16(18)20(24)23-22-19(15-9-3-2-4-10-15)17-12-7-8-14-21-17/h2-14H,1H3,(H,23,24). The predicted molar refractivity (Wildman–Crippen MR) is 96.8 cm³/mol. The van der Waals surface area contributed by atoms with Gasteiger partial charge in [-0.15, -0.1) is 0 Å². The lowest BCUT2D eigenvalue weighted by molar-refractivity contribution is 0.0952. The third-order valence-corrected chi connectivity index (χ3v) is 3.58. The van der Waals surface area contributed by atoms with Crippen molar-refractivity contribution in [2.45, 2.75) is 0 Å². The van der Waals surface area contributed by atoms with E-state index in [2.05, 4.69) is 15.5 Å². The van der Waals surface area contributed by atoms with E-state index >= 15 is 0 Å². The molecule has 1 N–H and O–H groups in total. The molecule has 0 atom stereocenters. The molecule has 0 unspecified atom stereocenters. The van der Waals surface area contributed by atoms with Crippen LogP contribution in [-0.4, -0.2) is 23.7 Å². The number of benzene rings is 2. The number of rotatable bonds is 5. The minimum Gasteiger partial charge on any atom is -0.496 e. The van der Waals surface area contributed by atoms with Gasteiger partial charge in [0.05, 0.1) is 18.4 Å². The molecular weight excluding hydrogens is 314 g/mol. The maximum Gasteiger partial charge on any atom is 0.275 e. The van der Waals surface area contributed by atoms with Gasteiger partial charge in [0.25, 0.3) is 5.91 Å². The lowest BCUT2D eigenvalue weighted by Gasteiger charge is -2.09. The van der Waals surface area contributed by atoms with E-state index in [1.165, 1.54) is 7.11 Å². The first kappa shape index (κ1) is 16.4. The van der Waals surface area contributed by atoms with Crippen LogP contribution in [0.25, 0.3) is 0 Å². The van der Waals surface area contributed by atoms with Gasteiger partial charge in [0.2, 0.25) is 0 Å². The van der Waals surface area contributed by atoms with Gasteiger partial charge in [0, 0.05) is 11.8 Å². The lowest BCUT2D eigenvalue weighted by atomic mass is 10.1. The number of ether oxygens (including phenoxy) is 1. The number of nitrogens with one attached hydrogen (secondary N) is 1. The van der Waals surface area contributed by atoms with Crippen LogP contribution in [0, 0.1) is 0 Å². The average Bonchev–Trinajstić information content (AvgIpc) is 2.69. The minimum absolute atomic E-state index is 0.346. The fourth-order valence-electron chi connectivity index (χ4n) is 2.37. The van der Waals surface area contributed by atoms with Crippen molar-refractivity contribution in [2.75, 3.05) is 7.11 Å². The molecule has 0 aliphatic rings. The zero-order chi connectivity index (χ0) is 17.5. The molecule has 3 rings (SSSR count). The summed E-state index contributed by atoms with van der Waals surface area (Å²) in [6, 6.07) is 22.1.